The molecule has 0 radical (unpaired) electrons. The molecule has 0 spiro atoms. The Morgan fingerprint density at radius 2 is 2.12 bits per heavy atom. The lowest BCUT2D eigenvalue weighted by molar-refractivity contribution is 0.408. The van der Waals surface area contributed by atoms with Gasteiger partial charge in [-0.1, -0.05) is 6.42 Å². The number of phenolic OH excluding ortho intramolecular Hbond substituents is 1. The van der Waals surface area contributed by atoms with E-state index in [9.17, 15) is 5.11 Å². The molecular formula is C12H20N2O2. The Labute approximate surface area is 96.2 Å². The van der Waals surface area contributed by atoms with Crippen LogP contribution in [-0.4, -0.2) is 18.8 Å². The topological polar surface area (TPSA) is 81.5 Å². The molecule has 4 nitrogen and oxygen atoms in total. The first-order chi connectivity index (χ1) is 7.69. The van der Waals surface area contributed by atoms with Gasteiger partial charge in [-0.2, -0.15) is 0 Å². The third-order valence-corrected chi connectivity index (χ3v) is 2.60. The van der Waals surface area contributed by atoms with Crippen LogP contribution in [0.1, 0.15) is 30.9 Å². The van der Waals surface area contributed by atoms with E-state index in [4.69, 9.17) is 16.2 Å². The van der Waals surface area contributed by atoms with Gasteiger partial charge < -0.3 is 21.3 Å². The summed E-state index contributed by atoms with van der Waals surface area (Å²) in [7, 11) is 1.59. The van der Waals surface area contributed by atoms with Crippen molar-refractivity contribution in [1.29, 1.82) is 0 Å². The van der Waals surface area contributed by atoms with Gasteiger partial charge in [0.1, 0.15) is 11.5 Å². The molecule has 0 aliphatic carbocycles. The summed E-state index contributed by atoms with van der Waals surface area (Å²) >= 11 is 0. The SMILES string of the molecule is COc1ccc(O)c([C@H](N)CCCCN)c1. The molecule has 1 aromatic rings. The van der Waals surface area contributed by atoms with Crippen molar-refractivity contribution < 1.29 is 9.84 Å². The summed E-state index contributed by atoms with van der Waals surface area (Å²) in [6.07, 6.45) is 2.74. The van der Waals surface area contributed by atoms with E-state index in [1.165, 1.54) is 0 Å². The number of methoxy groups -OCH3 is 1. The van der Waals surface area contributed by atoms with Gasteiger partial charge in [0.25, 0.3) is 0 Å². The second kappa shape index (κ2) is 6.35. The molecule has 0 aliphatic heterocycles. The van der Waals surface area contributed by atoms with Crippen LogP contribution < -0.4 is 16.2 Å². The predicted molar refractivity (Wildman–Crippen MR) is 64.5 cm³/mol. The van der Waals surface area contributed by atoms with Gasteiger partial charge >= 0.3 is 0 Å². The molecule has 5 N–H and O–H groups in total. The van der Waals surface area contributed by atoms with E-state index in [-0.39, 0.29) is 11.8 Å². The lowest BCUT2D eigenvalue weighted by Crippen LogP contribution is -2.11. The number of rotatable bonds is 6. The maximum Gasteiger partial charge on any atom is 0.120 e. The summed E-state index contributed by atoms with van der Waals surface area (Å²) in [6, 6.07) is 4.94. The van der Waals surface area contributed by atoms with Crippen LogP contribution in [0.15, 0.2) is 18.2 Å². The molecule has 0 amide bonds. The highest BCUT2D eigenvalue weighted by atomic mass is 16.5. The minimum atomic E-state index is -0.165. The molecule has 0 unspecified atom stereocenters. The minimum Gasteiger partial charge on any atom is -0.508 e. The molecule has 0 aliphatic rings. The van der Waals surface area contributed by atoms with E-state index in [0.717, 1.165) is 24.8 Å². The summed E-state index contributed by atoms with van der Waals surface area (Å²) in [6.45, 7) is 0.677. The van der Waals surface area contributed by atoms with Gasteiger partial charge in [-0.15, -0.1) is 0 Å². The molecular weight excluding hydrogens is 204 g/mol. The van der Waals surface area contributed by atoms with Crippen LogP contribution in [0.5, 0.6) is 11.5 Å². The predicted octanol–water partition coefficient (Wildman–Crippen LogP) is 1.53. The highest BCUT2D eigenvalue weighted by Gasteiger charge is 2.11. The zero-order chi connectivity index (χ0) is 12.0. The Morgan fingerprint density at radius 1 is 1.38 bits per heavy atom. The number of hydrogen-bond acceptors (Lipinski definition) is 4. The summed E-state index contributed by atoms with van der Waals surface area (Å²) in [5.74, 6) is 0.933. The molecule has 0 saturated heterocycles. The van der Waals surface area contributed by atoms with Crippen LogP contribution >= 0.6 is 0 Å². The van der Waals surface area contributed by atoms with Crippen LogP contribution in [0.4, 0.5) is 0 Å². The zero-order valence-corrected chi connectivity index (χ0v) is 9.65. The Bertz CT molecular complexity index is 329. The van der Waals surface area contributed by atoms with Gasteiger partial charge in [0.15, 0.2) is 0 Å². The molecule has 4 heteroatoms. The monoisotopic (exact) mass is 224 g/mol. The van der Waals surface area contributed by atoms with Crippen LogP contribution in [0.25, 0.3) is 0 Å². The maximum absolute atomic E-state index is 9.70. The van der Waals surface area contributed by atoms with Crippen molar-refractivity contribution in [2.24, 2.45) is 11.5 Å². The first-order valence-electron chi connectivity index (χ1n) is 5.51. The number of nitrogens with two attached hydrogens (primary N) is 2. The number of phenols is 1. The van der Waals surface area contributed by atoms with Crippen LogP contribution in [-0.2, 0) is 0 Å². The number of ether oxygens (including phenoxy) is 1. The third kappa shape index (κ3) is 3.40. The second-order valence-electron chi connectivity index (χ2n) is 3.82. The second-order valence-corrected chi connectivity index (χ2v) is 3.82. The Kier molecular flexibility index (Phi) is 5.08. The van der Waals surface area contributed by atoms with Gasteiger partial charge in [0, 0.05) is 11.6 Å². The summed E-state index contributed by atoms with van der Waals surface area (Å²) in [5, 5.41) is 9.70. The Balaban J connectivity index is 2.69. The van der Waals surface area contributed by atoms with Crippen molar-refractivity contribution >= 4 is 0 Å². The van der Waals surface area contributed by atoms with Crippen LogP contribution in [0.3, 0.4) is 0 Å². The molecule has 0 saturated carbocycles. The number of hydrogen-bond donors (Lipinski definition) is 3. The minimum absolute atomic E-state index is 0.165. The van der Waals surface area contributed by atoms with Gasteiger partial charge in [-0.3, -0.25) is 0 Å². The van der Waals surface area contributed by atoms with Crippen molar-refractivity contribution in [2.75, 3.05) is 13.7 Å². The fourth-order valence-corrected chi connectivity index (χ4v) is 1.62. The molecule has 1 rings (SSSR count). The maximum atomic E-state index is 9.70. The number of unbranched alkanes of at least 4 members (excludes halogenated alkanes) is 1. The fraction of sp³-hybridized carbons (Fsp3) is 0.500. The lowest BCUT2D eigenvalue weighted by atomic mass is 10.0. The molecule has 1 aromatic carbocycles. The Morgan fingerprint density at radius 3 is 2.75 bits per heavy atom. The smallest absolute Gasteiger partial charge is 0.120 e. The van der Waals surface area contributed by atoms with Crippen molar-refractivity contribution in [3.05, 3.63) is 23.8 Å². The number of benzene rings is 1. The molecule has 0 aromatic heterocycles. The molecule has 0 heterocycles. The van der Waals surface area contributed by atoms with Gasteiger partial charge in [-0.25, -0.2) is 0 Å². The van der Waals surface area contributed by atoms with Crippen molar-refractivity contribution in [1.82, 2.24) is 0 Å². The standard InChI is InChI=1S/C12H20N2O2/c1-16-9-5-6-12(15)10(8-9)11(14)4-2-3-7-13/h5-6,8,11,15H,2-4,7,13-14H2,1H3/t11-/m1/s1. The summed E-state index contributed by atoms with van der Waals surface area (Å²) < 4.78 is 5.10. The average Bonchev–Trinajstić information content (AvgIpc) is 2.30. The summed E-state index contributed by atoms with van der Waals surface area (Å²) in [4.78, 5) is 0. The normalized spacial score (nSPS) is 12.4. The van der Waals surface area contributed by atoms with Gasteiger partial charge in [0.2, 0.25) is 0 Å². The lowest BCUT2D eigenvalue weighted by Gasteiger charge is -2.14. The summed E-state index contributed by atoms with van der Waals surface area (Å²) in [5.41, 5.74) is 12.2. The largest absolute Gasteiger partial charge is 0.508 e. The average molecular weight is 224 g/mol. The van der Waals surface area contributed by atoms with E-state index < -0.39 is 0 Å². The zero-order valence-electron chi connectivity index (χ0n) is 9.65. The van der Waals surface area contributed by atoms with E-state index in [2.05, 4.69) is 0 Å². The van der Waals surface area contributed by atoms with E-state index in [1.807, 2.05) is 0 Å². The molecule has 1 atom stereocenters. The number of aromatic hydroxyl groups is 1. The van der Waals surface area contributed by atoms with E-state index in [0.29, 0.717) is 12.3 Å². The Hall–Kier alpha value is -1.26. The van der Waals surface area contributed by atoms with Crippen molar-refractivity contribution in [3.63, 3.8) is 0 Å². The van der Waals surface area contributed by atoms with E-state index in [1.54, 1.807) is 25.3 Å². The van der Waals surface area contributed by atoms with Gasteiger partial charge in [0.05, 0.1) is 7.11 Å². The van der Waals surface area contributed by atoms with Crippen LogP contribution in [0, 0.1) is 0 Å². The van der Waals surface area contributed by atoms with E-state index >= 15 is 0 Å². The first kappa shape index (κ1) is 12.8. The third-order valence-electron chi connectivity index (χ3n) is 2.60. The first-order valence-corrected chi connectivity index (χ1v) is 5.51. The quantitative estimate of drug-likeness (QED) is 0.640. The molecule has 0 fully saturated rings. The van der Waals surface area contributed by atoms with Crippen molar-refractivity contribution in [3.8, 4) is 11.5 Å². The molecule has 16 heavy (non-hydrogen) atoms. The highest BCUT2D eigenvalue weighted by molar-refractivity contribution is 5.41. The van der Waals surface area contributed by atoms with Crippen molar-refractivity contribution in [2.45, 2.75) is 25.3 Å². The molecule has 0 bridgehead atoms. The van der Waals surface area contributed by atoms with Crippen LogP contribution in [0.2, 0.25) is 0 Å². The highest BCUT2D eigenvalue weighted by Crippen LogP contribution is 2.29. The fourth-order valence-electron chi connectivity index (χ4n) is 1.62. The molecule has 90 valence electrons. The van der Waals surface area contributed by atoms with Gasteiger partial charge in [-0.05, 0) is 37.6 Å².